The molecule has 0 bridgehead atoms. The van der Waals surface area contributed by atoms with E-state index in [-0.39, 0.29) is 21.3 Å². The van der Waals surface area contributed by atoms with Crippen LogP contribution in [0.2, 0.25) is 0 Å². The number of carbonyl (C=O) groups is 1. The van der Waals surface area contributed by atoms with E-state index in [2.05, 4.69) is 16.2 Å². The molecule has 0 aromatic heterocycles. The molecule has 31 heavy (non-hydrogen) atoms. The molecule has 1 aliphatic rings. The first-order valence-corrected chi connectivity index (χ1v) is 11.3. The van der Waals surface area contributed by atoms with Crippen molar-refractivity contribution in [2.75, 3.05) is 18.4 Å². The zero-order valence-corrected chi connectivity index (χ0v) is 18.0. The van der Waals surface area contributed by atoms with Gasteiger partial charge >= 0.3 is 0 Å². The number of amides is 1. The summed E-state index contributed by atoms with van der Waals surface area (Å²) in [6.45, 7) is 1.06. The third-order valence-electron chi connectivity index (χ3n) is 4.67. The average molecular weight is 464 g/mol. The summed E-state index contributed by atoms with van der Waals surface area (Å²) in [6, 6.07) is 11.4. The van der Waals surface area contributed by atoms with Crippen LogP contribution in [0.3, 0.4) is 0 Å². The number of thiocarbonyl (C=S) groups is 1. The number of rotatable bonds is 5. The van der Waals surface area contributed by atoms with Crippen molar-refractivity contribution in [3.63, 3.8) is 0 Å². The Labute approximate surface area is 184 Å². The molecule has 3 rings (SSSR count). The highest BCUT2D eigenvalue weighted by Gasteiger charge is 2.25. The number of nitro benzene ring substituents is 1. The molecule has 0 spiro atoms. The fourth-order valence-corrected chi connectivity index (χ4v) is 4.76. The zero-order valence-electron chi connectivity index (χ0n) is 16.4. The Balaban J connectivity index is 1.55. The Morgan fingerprint density at radius 3 is 2.35 bits per heavy atom. The lowest BCUT2D eigenvalue weighted by molar-refractivity contribution is -0.384. The molecular weight excluding hydrogens is 442 g/mol. The third-order valence-corrected chi connectivity index (χ3v) is 6.79. The number of sulfonamides is 1. The van der Waals surface area contributed by atoms with Crippen LogP contribution in [-0.4, -0.2) is 41.8 Å². The van der Waals surface area contributed by atoms with Crippen LogP contribution < -0.4 is 16.2 Å². The van der Waals surface area contributed by atoms with Crippen LogP contribution in [0.1, 0.15) is 29.6 Å². The molecule has 12 heteroatoms. The van der Waals surface area contributed by atoms with Gasteiger partial charge in [0.25, 0.3) is 11.6 Å². The van der Waals surface area contributed by atoms with Crippen molar-refractivity contribution in [1.29, 1.82) is 0 Å². The summed E-state index contributed by atoms with van der Waals surface area (Å²) >= 11 is 5.11. The maximum atomic E-state index is 12.7. The molecule has 1 fully saturated rings. The van der Waals surface area contributed by atoms with Crippen molar-refractivity contribution in [3.8, 4) is 0 Å². The molecule has 0 saturated carbocycles. The summed E-state index contributed by atoms with van der Waals surface area (Å²) in [5.74, 6) is -0.601. The van der Waals surface area contributed by atoms with Crippen molar-refractivity contribution in [2.45, 2.75) is 24.2 Å². The smallest absolute Gasteiger partial charge is 0.270 e. The minimum atomic E-state index is -3.52. The Morgan fingerprint density at radius 1 is 1.03 bits per heavy atom. The molecule has 1 heterocycles. The summed E-state index contributed by atoms with van der Waals surface area (Å²) in [6.07, 6.45) is 2.76. The maximum Gasteiger partial charge on any atom is 0.270 e. The lowest BCUT2D eigenvalue weighted by Gasteiger charge is -2.25. The van der Waals surface area contributed by atoms with Gasteiger partial charge in [0.1, 0.15) is 0 Å². The number of anilines is 1. The summed E-state index contributed by atoms with van der Waals surface area (Å²) < 4.78 is 26.8. The van der Waals surface area contributed by atoms with Crippen LogP contribution in [0.4, 0.5) is 11.4 Å². The van der Waals surface area contributed by atoms with Crippen molar-refractivity contribution in [2.24, 2.45) is 0 Å². The number of hydrazine groups is 1. The molecule has 1 amide bonds. The molecule has 1 saturated heterocycles. The largest absolute Gasteiger partial charge is 0.331 e. The number of hydrogen-bond acceptors (Lipinski definition) is 6. The van der Waals surface area contributed by atoms with Gasteiger partial charge in [-0.25, -0.2) is 8.42 Å². The van der Waals surface area contributed by atoms with Crippen LogP contribution in [0.5, 0.6) is 0 Å². The first-order valence-electron chi connectivity index (χ1n) is 9.49. The SMILES string of the molecule is O=C(NNC(=S)Nc1ccc(S(=O)(=O)N2CCCCC2)cc1)c1cccc([N+](=O)[O-])c1. The standard InChI is InChI=1S/C19H21N5O5S2/c25-18(14-5-4-6-16(13-14)24(26)27)21-22-19(30)20-15-7-9-17(10-8-15)31(28,29)23-11-2-1-3-12-23/h4-10,13H,1-3,11-12H2,(H,21,25)(H2,20,22,30). The number of nitro groups is 1. The fraction of sp³-hybridized carbons (Fsp3) is 0.263. The van der Waals surface area contributed by atoms with Crippen LogP contribution in [-0.2, 0) is 10.0 Å². The molecule has 3 N–H and O–H groups in total. The predicted octanol–water partition coefficient (Wildman–Crippen LogP) is 2.40. The summed E-state index contributed by atoms with van der Waals surface area (Å²) in [5.41, 5.74) is 5.27. The molecule has 0 aliphatic carbocycles. The van der Waals surface area contributed by atoms with Gasteiger partial charge in [0.2, 0.25) is 10.0 Å². The van der Waals surface area contributed by atoms with Gasteiger partial charge in [-0.1, -0.05) is 12.5 Å². The third kappa shape index (κ3) is 5.75. The van der Waals surface area contributed by atoms with Gasteiger partial charge in [-0.3, -0.25) is 25.8 Å². The van der Waals surface area contributed by atoms with E-state index in [1.807, 2.05) is 0 Å². The molecular formula is C19H21N5O5S2. The van der Waals surface area contributed by atoms with Crippen LogP contribution in [0.15, 0.2) is 53.4 Å². The van der Waals surface area contributed by atoms with E-state index >= 15 is 0 Å². The Hall–Kier alpha value is -3.09. The number of benzene rings is 2. The average Bonchev–Trinajstić information content (AvgIpc) is 2.78. The van der Waals surface area contributed by atoms with Gasteiger partial charge < -0.3 is 5.32 Å². The minimum Gasteiger partial charge on any atom is -0.331 e. The molecule has 164 valence electrons. The van der Waals surface area contributed by atoms with Gasteiger partial charge in [-0.15, -0.1) is 0 Å². The second-order valence-electron chi connectivity index (χ2n) is 6.83. The fourth-order valence-electron chi connectivity index (χ4n) is 3.07. The quantitative estimate of drug-likeness (QED) is 0.350. The minimum absolute atomic E-state index is 0.0606. The van der Waals surface area contributed by atoms with E-state index in [1.165, 1.54) is 34.6 Å². The number of piperidine rings is 1. The van der Waals surface area contributed by atoms with Gasteiger partial charge in [-0.2, -0.15) is 4.31 Å². The number of hydrogen-bond donors (Lipinski definition) is 3. The van der Waals surface area contributed by atoms with Crippen molar-refractivity contribution >= 4 is 44.6 Å². The van der Waals surface area contributed by atoms with E-state index in [0.717, 1.165) is 25.3 Å². The van der Waals surface area contributed by atoms with E-state index in [0.29, 0.717) is 18.8 Å². The number of nitrogens with one attached hydrogen (secondary N) is 3. The molecule has 0 atom stereocenters. The lowest BCUT2D eigenvalue weighted by Crippen LogP contribution is -2.43. The van der Waals surface area contributed by atoms with Crippen molar-refractivity contribution < 1.29 is 18.1 Å². The van der Waals surface area contributed by atoms with Crippen molar-refractivity contribution in [3.05, 3.63) is 64.2 Å². The number of non-ortho nitro benzene ring substituents is 1. The van der Waals surface area contributed by atoms with Gasteiger partial charge in [0, 0.05) is 36.5 Å². The van der Waals surface area contributed by atoms with E-state index in [9.17, 15) is 23.3 Å². The predicted molar refractivity (Wildman–Crippen MR) is 119 cm³/mol. The summed E-state index contributed by atoms with van der Waals surface area (Å²) in [4.78, 5) is 22.5. The van der Waals surface area contributed by atoms with E-state index in [1.54, 1.807) is 12.1 Å². The van der Waals surface area contributed by atoms with E-state index in [4.69, 9.17) is 12.2 Å². The highest BCUT2D eigenvalue weighted by molar-refractivity contribution is 7.89. The van der Waals surface area contributed by atoms with Crippen LogP contribution in [0, 0.1) is 10.1 Å². The molecule has 0 radical (unpaired) electrons. The van der Waals surface area contributed by atoms with Crippen LogP contribution in [0.25, 0.3) is 0 Å². The molecule has 0 unspecified atom stereocenters. The first-order chi connectivity index (χ1) is 14.8. The molecule has 2 aromatic rings. The Morgan fingerprint density at radius 2 is 1.71 bits per heavy atom. The topological polar surface area (TPSA) is 134 Å². The van der Waals surface area contributed by atoms with Gasteiger partial charge in [0.05, 0.1) is 9.82 Å². The van der Waals surface area contributed by atoms with Crippen LogP contribution >= 0.6 is 12.2 Å². The number of nitrogens with zero attached hydrogens (tertiary/aromatic N) is 2. The zero-order chi connectivity index (χ0) is 22.4. The van der Waals surface area contributed by atoms with Gasteiger partial charge in [-0.05, 0) is 55.4 Å². The second-order valence-corrected chi connectivity index (χ2v) is 9.18. The Bertz CT molecular complexity index is 1080. The number of carbonyl (C=O) groups excluding carboxylic acids is 1. The molecule has 2 aromatic carbocycles. The summed E-state index contributed by atoms with van der Waals surface area (Å²) in [5, 5.41) is 13.7. The van der Waals surface area contributed by atoms with E-state index < -0.39 is 20.9 Å². The maximum absolute atomic E-state index is 12.7. The second kappa shape index (κ2) is 9.81. The molecule has 10 nitrogen and oxygen atoms in total. The van der Waals surface area contributed by atoms with Gasteiger partial charge in [0.15, 0.2) is 5.11 Å². The first kappa shape index (κ1) is 22.6. The highest BCUT2D eigenvalue weighted by atomic mass is 32.2. The monoisotopic (exact) mass is 463 g/mol. The highest BCUT2D eigenvalue weighted by Crippen LogP contribution is 2.22. The lowest BCUT2D eigenvalue weighted by atomic mass is 10.2. The Kier molecular flexibility index (Phi) is 7.15. The molecule has 1 aliphatic heterocycles. The summed E-state index contributed by atoms with van der Waals surface area (Å²) in [7, 11) is -3.52. The normalized spacial score (nSPS) is 14.5. The van der Waals surface area contributed by atoms with Crippen molar-refractivity contribution in [1.82, 2.24) is 15.2 Å².